The van der Waals surface area contributed by atoms with E-state index in [-0.39, 0.29) is 5.97 Å². The summed E-state index contributed by atoms with van der Waals surface area (Å²) in [4.78, 5) is 11.9. The normalized spacial score (nSPS) is 10.7. The third-order valence-electron chi connectivity index (χ3n) is 2.84. The van der Waals surface area contributed by atoms with Crippen LogP contribution in [0.2, 0.25) is 0 Å². The molecule has 0 aliphatic heterocycles. The number of benzene rings is 1. The smallest absolute Gasteiger partial charge is 0.342 e. The second-order valence-corrected chi connectivity index (χ2v) is 4.07. The van der Waals surface area contributed by atoms with E-state index in [4.69, 9.17) is 13.9 Å². The van der Waals surface area contributed by atoms with Crippen LogP contribution >= 0.6 is 0 Å². The predicted molar refractivity (Wildman–Crippen MR) is 68.2 cm³/mol. The Kier molecular flexibility index (Phi) is 3.28. The van der Waals surface area contributed by atoms with Gasteiger partial charge in [-0.25, -0.2) is 4.79 Å². The Morgan fingerprint density at radius 1 is 1.33 bits per heavy atom. The Morgan fingerprint density at radius 2 is 2.06 bits per heavy atom. The monoisotopic (exact) mass is 248 g/mol. The minimum Gasteiger partial charge on any atom is -0.497 e. The summed E-state index contributed by atoms with van der Waals surface area (Å²) in [7, 11) is 1.59. The van der Waals surface area contributed by atoms with E-state index in [1.54, 1.807) is 27.0 Å². The molecule has 4 heteroatoms. The minimum absolute atomic E-state index is 0.341. The lowest BCUT2D eigenvalue weighted by Crippen LogP contribution is -2.05. The van der Waals surface area contributed by atoms with Gasteiger partial charge in [0.15, 0.2) is 0 Å². The first-order valence-electron chi connectivity index (χ1n) is 5.83. The van der Waals surface area contributed by atoms with E-state index < -0.39 is 0 Å². The third-order valence-corrected chi connectivity index (χ3v) is 2.84. The van der Waals surface area contributed by atoms with Crippen molar-refractivity contribution in [3.8, 4) is 5.75 Å². The second-order valence-electron chi connectivity index (χ2n) is 4.07. The average Bonchev–Trinajstić information content (AvgIpc) is 2.66. The lowest BCUT2D eigenvalue weighted by molar-refractivity contribution is 0.0526. The number of hydrogen-bond donors (Lipinski definition) is 0. The highest BCUT2D eigenvalue weighted by Crippen LogP contribution is 2.32. The van der Waals surface area contributed by atoms with Gasteiger partial charge in [0.1, 0.15) is 22.7 Å². The molecule has 18 heavy (non-hydrogen) atoms. The number of carbonyl (C=O) groups excluding carboxylic acids is 1. The molecule has 0 saturated carbocycles. The molecule has 1 aromatic heterocycles. The van der Waals surface area contributed by atoms with Crippen LogP contribution in [0.15, 0.2) is 16.5 Å². The molecule has 0 amide bonds. The first kappa shape index (κ1) is 12.5. The molecule has 2 aromatic rings. The SMILES string of the molecule is CCOC(=O)c1c(C)oc2c(C)cc(OC)cc12. The average molecular weight is 248 g/mol. The van der Waals surface area contributed by atoms with Gasteiger partial charge in [-0.05, 0) is 38.5 Å². The fraction of sp³-hybridized carbons (Fsp3) is 0.357. The number of ether oxygens (including phenoxy) is 2. The van der Waals surface area contributed by atoms with Crippen molar-refractivity contribution in [2.75, 3.05) is 13.7 Å². The van der Waals surface area contributed by atoms with Crippen LogP contribution in [0.1, 0.15) is 28.6 Å². The fourth-order valence-electron chi connectivity index (χ4n) is 2.03. The quantitative estimate of drug-likeness (QED) is 0.782. The van der Waals surface area contributed by atoms with Gasteiger partial charge in [0.2, 0.25) is 0 Å². The summed E-state index contributed by atoms with van der Waals surface area (Å²) in [5.41, 5.74) is 2.12. The van der Waals surface area contributed by atoms with E-state index in [0.29, 0.717) is 29.3 Å². The number of aryl methyl sites for hydroxylation is 2. The fourth-order valence-corrected chi connectivity index (χ4v) is 2.03. The molecule has 0 saturated heterocycles. The Labute approximate surface area is 105 Å². The van der Waals surface area contributed by atoms with Crippen LogP contribution in [0.3, 0.4) is 0 Å². The standard InChI is InChI=1S/C14H16O4/c1-5-17-14(15)12-9(3)18-13-8(2)6-10(16-4)7-11(12)13/h6-7H,5H2,1-4H3. The van der Waals surface area contributed by atoms with Crippen molar-refractivity contribution in [1.82, 2.24) is 0 Å². The van der Waals surface area contributed by atoms with Crippen LogP contribution in [0.4, 0.5) is 0 Å². The van der Waals surface area contributed by atoms with E-state index in [9.17, 15) is 4.79 Å². The number of furan rings is 1. The molecule has 0 atom stereocenters. The van der Waals surface area contributed by atoms with Crippen molar-refractivity contribution in [2.45, 2.75) is 20.8 Å². The van der Waals surface area contributed by atoms with Crippen LogP contribution in [-0.4, -0.2) is 19.7 Å². The lowest BCUT2D eigenvalue weighted by Gasteiger charge is -2.03. The summed E-state index contributed by atoms with van der Waals surface area (Å²) in [5.74, 6) is 0.910. The molecule has 96 valence electrons. The van der Waals surface area contributed by atoms with Gasteiger partial charge in [0.05, 0.1) is 13.7 Å². The van der Waals surface area contributed by atoms with E-state index >= 15 is 0 Å². The number of rotatable bonds is 3. The third kappa shape index (κ3) is 1.94. The van der Waals surface area contributed by atoms with Gasteiger partial charge in [-0.3, -0.25) is 0 Å². The molecule has 0 spiro atoms. The number of fused-ring (bicyclic) bond motifs is 1. The molecule has 0 fully saturated rings. The van der Waals surface area contributed by atoms with Crippen LogP contribution < -0.4 is 4.74 Å². The van der Waals surface area contributed by atoms with Crippen molar-refractivity contribution >= 4 is 16.9 Å². The first-order valence-corrected chi connectivity index (χ1v) is 5.83. The molecular formula is C14H16O4. The zero-order valence-electron chi connectivity index (χ0n) is 11.0. The number of carbonyl (C=O) groups is 1. The Balaban J connectivity index is 2.68. The van der Waals surface area contributed by atoms with Gasteiger partial charge >= 0.3 is 5.97 Å². The number of methoxy groups -OCH3 is 1. The Hall–Kier alpha value is -1.97. The highest BCUT2D eigenvalue weighted by atomic mass is 16.5. The van der Waals surface area contributed by atoms with Gasteiger partial charge in [0, 0.05) is 5.39 Å². The molecule has 0 aliphatic carbocycles. The van der Waals surface area contributed by atoms with Crippen molar-refractivity contribution in [3.63, 3.8) is 0 Å². The summed E-state index contributed by atoms with van der Waals surface area (Å²) < 4.78 is 15.9. The molecule has 0 aliphatic rings. The zero-order chi connectivity index (χ0) is 13.3. The van der Waals surface area contributed by atoms with Gasteiger partial charge in [-0.1, -0.05) is 0 Å². The highest BCUT2D eigenvalue weighted by molar-refractivity contribution is 6.05. The van der Waals surface area contributed by atoms with E-state index in [1.807, 2.05) is 13.0 Å². The molecule has 0 N–H and O–H groups in total. The molecule has 1 heterocycles. The first-order chi connectivity index (χ1) is 8.58. The number of esters is 1. The van der Waals surface area contributed by atoms with E-state index in [2.05, 4.69) is 0 Å². The van der Waals surface area contributed by atoms with Crippen molar-refractivity contribution in [1.29, 1.82) is 0 Å². The maximum atomic E-state index is 11.9. The van der Waals surface area contributed by atoms with Crippen LogP contribution in [0.25, 0.3) is 11.0 Å². The van der Waals surface area contributed by atoms with Crippen LogP contribution in [0, 0.1) is 13.8 Å². The van der Waals surface area contributed by atoms with Crippen LogP contribution in [0.5, 0.6) is 5.75 Å². The van der Waals surface area contributed by atoms with Crippen LogP contribution in [-0.2, 0) is 4.74 Å². The Morgan fingerprint density at radius 3 is 2.67 bits per heavy atom. The Bertz CT molecular complexity index is 595. The molecule has 2 rings (SSSR count). The summed E-state index contributed by atoms with van der Waals surface area (Å²) in [6.45, 7) is 5.80. The number of hydrogen-bond acceptors (Lipinski definition) is 4. The maximum Gasteiger partial charge on any atom is 0.342 e. The predicted octanol–water partition coefficient (Wildman–Crippen LogP) is 3.23. The highest BCUT2D eigenvalue weighted by Gasteiger charge is 2.21. The van der Waals surface area contributed by atoms with E-state index in [0.717, 1.165) is 10.9 Å². The second kappa shape index (κ2) is 4.72. The van der Waals surface area contributed by atoms with Crippen molar-refractivity contribution < 1.29 is 18.7 Å². The van der Waals surface area contributed by atoms with E-state index in [1.165, 1.54) is 0 Å². The van der Waals surface area contributed by atoms with Crippen molar-refractivity contribution in [2.24, 2.45) is 0 Å². The summed E-state index contributed by atoms with van der Waals surface area (Å²) in [6, 6.07) is 3.67. The molecular weight excluding hydrogens is 232 g/mol. The molecule has 0 unspecified atom stereocenters. The van der Waals surface area contributed by atoms with Crippen molar-refractivity contribution in [3.05, 3.63) is 29.0 Å². The molecule has 4 nitrogen and oxygen atoms in total. The van der Waals surface area contributed by atoms with Gasteiger partial charge < -0.3 is 13.9 Å². The lowest BCUT2D eigenvalue weighted by atomic mass is 10.1. The minimum atomic E-state index is -0.360. The zero-order valence-corrected chi connectivity index (χ0v) is 11.0. The molecule has 0 radical (unpaired) electrons. The van der Waals surface area contributed by atoms with Gasteiger partial charge in [-0.2, -0.15) is 0 Å². The molecule has 0 bridgehead atoms. The van der Waals surface area contributed by atoms with Gasteiger partial charge in [0.25, 0.3) is 0 Å². The summed E-state index contributed by atoms with van der Waals surface area (Å²) in [5, 5.41) is 0.739. The summed E-state index contributed by atoms with van der Waals surface area (Å²) >= 11 is 0. The molecule has 1 aromatic carbocycles. The maximum absolute atomic E-state index is 11.9. The summed E-state index contributed by atoms with van der Waals surface area (Å²) in [6.07, 6.45) is 0. The largest absolute Gasteiger partial charge is 0.497 e. The topological polar surface area (TPSA) is 48.7 Å². The van der Waals surface area contributed by atoms with Gasteiger partial charge in [-0.15, -0.1) is 0 Å².